The van der Waals surface area contributed by atoms with Crippen molar-refractivity contribution in [3.63, 3.8) is 0 Å². The number of amides is 1. The van der Waals surface area contributed by atoms with Crippen molar-refractivity contribution in [3.05, 3.63) is 83.4 Å². The SMILES string of the molecule is O=C(NCCN1CCN(c2nc3ccc(Cl)cc3s2)CC1)c1ccccc1Oc1ccccc1. The summed E-state index contributed by atoms with van der Waals surface area (Å²) < 4.78 is 7.04. The van der Waals surface area contributed by atoms with Crippen molar-refractivity contribution in [1.82, 2.24) is 15.2 Å². The molecule has 0 spiro atoms. The summed E-state index contributed by atoms with van der Waals surface area (Å²) in [7, 11) is 0. The average molecular weight is 493 g/mol. The number of hydrogen-bond donors (Lipinski definition) is 1. The molecular weight excluding hydrogens is 468 g/mol. The van der Waals surface area contributed by atoms with Gasteiger partial charge in [0.1, 0.15) is 11.5 Å². The van der Waals surface area contributed by atoms with Crippen LogP contribution in [0.1, 0.15) is 10.4 Å². The summed E-state index contributed by atoms with van der Waals surface area (Å²) in [6.07, 6.45) is 0. The van der Waals surface area contributed by atoms with Gasteiger partial charge < -0.3 is 15.0 Å². The number of nitrogens with one attached hydrogen (secondary N) is 1. The van der Waals surface area contributed by atoms with Crippen molar-refractivity contribution in [2.75, 3.05) is 44.2 Å². The number of fused-ring (bicyclic) bond motifs is 1. The molecule has 34 heavy (non-hydrogen) atoms. The molecule has 0 atom stereocenters. The Bertz CT molecular complexity index is 1270. The fourth-order valence-corrected chi connectivity index (χ4v) is 5.26. The third kappa shape index (κ3) is 5.33. The molecule has 6 nitrogen and oxygen atoms in total. The molecule has 0 bridgehead atoms. The van der Waals surface area contributed by atoms with Gasteiger partial charge in [-0.1, -0.05) is 53.3 Å². The van der Waals surface area contributed by atoms with E-state index in [1.165, 1.54) is 0 Å². The molecule has 0 saturated carbocycles. The molecule has 3 aromatic carbocycles. The fourth-order valence-electron chi connectivity index (χ4n) is 3.97. The molecule has 8 heteroatoms. The van der Waals surface area contributed by atoms with Crippen molar-refractivity contribution in [1.29, 1.82) is 0 Å². The van der Waals surface area contributed by atoms with Crippen LogP contribution in [0.25, 0.3) is 10.2 Å². The molecule has 174 valence electrons. The third-order valence-corrected chi connectivity index (χ3v) is 7.11. The lowest BCUT2D eigenvalue weighted by Gasteiger charge is -2.34. The molecule has 1 aromatic heterocycles. The zero-order valence-electron chi connectivity index (χ0n) is 18.6. The van der Waals surface area contributed by atoms with Crippen molar-refractivity contribution in [3.8, 4) is 11.5 Å². The molecular formula is C26H25ClN4O2S. The number of para-hydroxylation sites is 2. The van der Waals surface area contributed by atoms with Crippen LogP contribution in [0.2, 0.25) is 5.02 Å². The predicted molar refractivity (Wildman–Crippen MR) is 139 cm³/mol. The van der Waals surface area contributed by atoms with E-state index in [9.17, 15) is 4.79 Å². The maximum atomic E-state index is 12.8. The highest BCUT2D eigenvalue weighted by Crippen LogP contribution is 2.31. The molecule has 1 amide bonds. The Kier molecular flexibility index (Phi) is 6.94. The van der Waals surface area contributed by atoms with E-state index in [0.717, 1.165) is 53.1 Å². The van der Waals surface area contributed by atoms with Crippen LogP contribution >= 0.6 is 22.9 Å². The van der Waals surface area contributed by atoms with Gasteiger partial charge in [0.2, 0.25) is 0 Å². The molecule has 1 N–H and O–H groups in total. The summed E-state index contributed by atoms with van der Waals surface area (Å²) >= 11 is 7.79. The highest BCUT2D eigenvalue weighted by atomic mass is 35.5. The fraction of sp³-hybridized carbons (Fsp3) is 0.231. The van der Waals surface area contributed by atoms with Crippen LogP contribution in [0.4, 0.5) is 5.13 Å². The normalized spacial score (nSPS) is 14.3. The first kappa shape index (κ1) is 22.7. The van der Waals surface area contributed by atoms with Gasteiger partial charge in [-0.25, -0.2) is 4.98 Å². The quantitative estimate of drug-likeness (QED) is 0.379. The first-order valence-corrected chi connectivity index (χ1v) is 12.5. The summed E-state index contributed by atoms with van der Waals surface area (Å²) in [6, 6.07) is 22.6. The van der Waals surface area contributed by atoms with Crippen LogP contribution in [0.5, 0.6) is 11.5 Å². The van der Waals surface area contributed by atoms with Gasteiger partial charge in [-0.2, -0.15) is 0 Å². The predicted octanol–water partition coefficient (Wildman–Crippen LogP) is 5.29. The topological polar surface area (TPSA) is 57.7 Å². The first-order chi connectivity index (χ1) is 16.7. The summed E-state index contributed by atoms with van der Waals surface area (Å²) in [5, 5.41) is 4.82. The largest absolute Gasteiger partial charge is 0.457 e. The number of piperazine rings is 1. The number of carbonyl (C=O) groups is 1. The van der Waals surface area contributed by atoms with Crippen molar-refractivity contribution < 1.29 is 9.53 Å². The standard InChI is InChI=1S/C26H25ClN4O2S/c27-19-10-11-22-24(18-19)34-26(29-22)31-16-14-30(15-17-31)13-12-28-25(32)21-8-4-5-9-23(21)33-20-6-2-1-3-7-20/h1-11,18H,12-17H2,(H,28,32). The molecule has 0 aliphatic carbocycles. The Labute approximate surface area is 207 Å². The number of thiazole rings is 1. The Hall–Kier alpha value is -3.13. The zero-order chi connectivity index (χ0) is 23.3. The van der Waals surface area contributed by atoms with E-state index in [1.54, 1.807) is 17.4 Å². The van der Waals surface area contributed by atoms with Gasteiger partial charge in [-0.3, -0.25) is 9.69 Å². The third-order valence-electron chi connectivity index (χ3n) is 5.80. The number of aromatic nitrogens is 1. The molecule has 1 saturated heterocycles. The van der Waals surface area contributed by atoms with Gasteiger partial charge in [0, 0.05) is 44.3 Å². The molecule has 0 radical (unpaired) electrons. The monoisotopic (exact) mass is 492 g/mol. The molecule has 4 aromatic rings. The minimum atomic E-state index is -0.127. The van der Waals surface area contributed by atoms with E-state index in [0.29, 0.717) is 23.6 Å². The smallest absolute Gasteiger partial charge is 0.255 e. The summed E-state index contributed by atoms with van der Waals surface area (Å²) in [5.41, 5.74) is 1.53. The van der Waals surface area contributed by atoms with Gasteiger partial charge in [0.25, 0.3) is 5.91 Å². The Morgan fingerprint density at radius 2 is 1.76 bits per heavy atom. The number of anilines is 1. The number of ether oxygens (including phenoxy) is 1. The van der Waals surface area contributed by atoms with Crippen LogP contribution in [0.3, 0.4) is 0 Å². The summed E-state index contributed by atoms with van der Waals surface area (Å²) in [5.74, 6) is 1.13. The Balaban J connectivity index is 1.11. The van der Waals surface area contributed by atoms with Crippen LogP contribution in [-0.4, -0.2) is 55.1 Å². The molecule has 5 rings (SSSR count). The number of carbonyl (C=O) groups excluding carboxylic acids is 1. The Morgan fingerprint density at radius 1 is 1.00 bits per heavy atom. The number of nitrogens with zero attached hydrogens (tertiary/aromatic N) is 3. The van der Waals surface area contributed by atoms with E-state index < -0.39 is 0 Å². The first-order valence-electron chi connectivity index (χ1n) is 11.3. The van der Waals surface area contributed by atoms with E-state index in [-0.39, 0.29) is 5.91 Å². The molecule has 1 fully saturated rings. The second kappa shape index (κ2) is 10.4. The molecule has 2 heterocycles. The van der Waals surface area contributed by atoms with Gasteiger partial charge in [-0.15, -0.1) is 0 Å². The lowest BCUT2D eigenvalue weighted by atomic mass is 10.2. The lowest BCUT2D eigenvalue weighted by Crippen LogP contribution is -2.48. The van der Waals surface area contributed by atoms with Crippen molar-refractivity contribution in [2.24, 2.45) is 0 Å². The molecule has 1 aliphatic rings. The minimum absolute atomic E-state index is 0.127. The second-order valence-electron chi connectivity index (χ2n) is 8.10. The van der Waals surface area contributed by atoms with Gasteiger partial charge in [-0.05, 0) is 42.5 Å². The number of halogens is 1. The average Bonchev–Trinajstić information content (AvgIpc) is 3.28. The number of benzene rings is 3. The summed E-state index contributed by atoms with van der Waals surface area (Å²) in [4.78, 5) is 22.3. The Morgan fingerprint density at radius 3 is 2.59 bits per heavy atom. The van der Waals surface area contributed by atoms with Crippen LogP contribution < -0.4 is 15.0 Å². The van der Waals surface area contributed by atoms with Gasteiger partial charge >= 0.3 is 0 Å². The van der Waals surface area contributed by atoms with Crippen molar-refractivity contribution in [2.45, 2.75) is 0 Å². The van der Waals surface area contributed by atoms with E-state index >= 15 is 0 Å². The van der Waals surface area contributed by atoms with Crippen molar-refractivity contribution >= 4 is 44.2 Å². The number of hydrogen-bond acceptors (Lipinski definition) is 6. The molecule has 0 unspecified atom stereocenters. The van der Waals surface area contributed by atoms with Crippen LogP contribution in [-0.2, 0) is 0 Å². The maximum Gasteiger partial charge on any atom is 0.255 e. The maximum absolute atomic E-state index is 12.8. The van der Waals surface area contributed by atoms with Gasteiger partial charge in [0.05, 0.1) is 15.8 Å². The van der Waals surface area contributed by atoms with E-state index in [2.05, 4.69) is 15.1 Å². The second-order valence-corrected chi connectivity index (χ2v) is 9.55. The van der Waals surface area contributed by atoms with Gasteiger partial charge in [0.15, 0.2) is 5.13 Å². The summed E-state index contributed by atoms with van der Waals surface area (Å²) in [6.45, 7) is 5.07. The van der Waals surface area contributed by atoms with Crippen LogP contribution in [0.15, 0.2) is 72.8 Å². The van der Waals surface area contributed by atoms with E-state index in [1.807, 2.05) is 66.7 Å². The zero-order valence-corrected chi connectivity index (χ0v) is 20.2. The number of rotatable bonds is 7. The lowest BCUT2D eigenvalue weighted by molar-refractivity contribution is 0.0945. The highest BCUT2D eigenvalue weighted by Gasteiger charge is 2.20. The molecule has 1 aliphatic heterocycles. The highest BCUT2D eigenvalue weighted by molar-refractivity contribution is 7.22. The van der Waals surface area contributed by atoms with Crippen LogP contribution in [0, 0.1) is 0 Å². The van der Waals surface area contributed by atoms with E-state index in [4.69, 9.17) is 21.3 Å². The minimum Gasteiger partial charge on any atom is -0.457 e.